The molecule has 11 heteroatoms. The third-order valence-electron chi connectivity index (χ3n) is 3.79. The Labute approximate surface area is 159 Å². The number of nitrogens with zero attached hydrogens (tertiary/aromatic N) is 2. The lowest BCUT2D eigenvalue weighted by molar-refractivity contribution is -0.137. The summed E-state index contributed by atoms with van der Waals surface area (Å²) in [5, 5.41) is 3.97. The molecule has 0 radical (unpaired) electrons. The highest BCUT2D eigenvalue weighted by Crippen LogP contribution is 2.41. The van der Waals surface area contributed by atoms with Crippen LogP contribution in [0.15, 0.2) is 27.9 Å². The lowest BCUT2D eigenvalue weighted by atomic mass is 10.0. The molecular weight excluding hydrogens is 401 g/mol. The number of alkyl halides is 3. The van der Waals surface area contributed by atoms with Gasteiger partial charge in [0.25, 0.3) is 0 Å². The van der Waals surface area contributed by atoms with Gasteiger partial charge >= 0.3 is 11.7 Å². The van der Waals surface area contributed by atoms with Gasteiger partial charge in [0.15, 0.2) is 15.6 Å². The van der Waals surface area contributed by atoms with E-state index in [1.807, 2.05) is 6.92 Å². The van der Waals surface area contributed by atoms with Gasteiger partial charge in [-0.2, -0.15) is 13.2 Å². The van der Waals surface area contributed by atoms with Crippen LogP contribution in [0.1, 0.15) is 18.9 Å². The Morgan fingerprint density at radius 1 is 1.25 bits per heavy atom. The molecule has 0 aliphatic carbocycles. The third-order valence-corrected chi connectivity index (χ3v) is 4.93. The minimum atomic E-state index is -4.74. The van der Waals surface area contributed by atoms with Crippen LogP contribution >= 0.6 is 0 Å². The fraction of sp³-hybridized carbons (Fsp3) is 0.412. The molecule has 0 amide bonds. The van der Waals surface area contributed by atoms with Crippen molar-refractivity contribution in [3.8, 4) is 22.8 Å². The van der Waals surface area contributed by atoms with Crippen LogP contribution in [0.5, 0.6) is 11.6 Å². The van der Waals surface area contributed by atoms with Crippen LogP contribution in [0.4, 0.5) is 13.2 Å². The van der Waals surface area contributed by atoms with Crippen molar-refractivity contribution in [2.75, 3.05) is 20.0 Å². The molecule has 0 saturated carbocycles. The molecule has 154 valence electrons. The number of ether oxygens (including phenoxy) is 2. The maximum atomic E-state index is 13.1. The van der Waals surface area contributed by atoms with Gasteiger partial charge in [-0.1, -0.05) is 13.0 Å². The molecule has 0 N–H and O–H groups in total. The van der Waals surface area contributed by atoms with Crippen molar-refractivity contribution in [3.63, 3.8) is 0 Å². The van der Waals surface area contributed by atoms with E-state index in [1.165, 1.54) is 14.2 Å². The van der Waals surface area contributed by atoms with Gasteiger partial charge in [-0.3, -0.25) is 4.79 Å². The number of halogens is 3. The van der Waals surface area contributed by atoms with Gasteiger partial charge in [0.1, 0.15) is 0 Å². The second-order valence-corrected chi connectivity index (χ2v) is 7.96. The van der Waals surface area contributed by atoms with Gasteiger partial charge in [-0.15, -0.1) is 5.10 Å². The van der Waals surface area contributed by atoms with E-state index < -0.39 is 32.0 Å². The first-order valence-electron chi connectivity index (χ1n) is 8.11. The highest BCUT2D eigenvalue weighted by molar-refractivity contribution is 7.90. The first kappa shape index (κ1) is 21.7. The zero-order valence-corrected chi connectivity index (χ0v) is 16.4. The molecule has 1 aromatic heterocycles. The Hall–Kier alpha value is -2.56. The number of hydrogen-bond acceptors (Lipinski definition) is 6. The molecule has 2 rings (SSSR count). The number of aromatic nitrogens is 2. The molecule has 1 aromatic carbocycles. The number of aryl methyl sites for hydroxylation is 1. The van der Waals surface area contributed by atoms with Crippen LogP contribution in [0, 0.1) is 0 Å². The molecule has 0 aliphatic rings. The van der Waals surface area contributed by atoms with Crippen LogP contribution in [0.3, 0.4) is 0 Å². The summed E-state index contributed by atoms with van der Waals surface area (Å²) in [5.74, 6) is -0.404. The Kier molecular flexibility index (Phi) is 6.07. The SMILES string of the molecule is CCCOc1nn(C)c(=O)c(OC)c1-c1ccc(C(F)(F)F)cc1S(C)(=O)=O. The Morgan fingerprint density at radius 3 is 2.39 bits per heavy atom. The lowest BCUT2D eigenvalue weighted by Crippen LogP contribution is -2.23. The van der Waals surface area contributed by atoms with Gasteiger partial charge < -0.3 is 9.47 Å². The average Bonchev–Trinajstić information content (AvgIpc) is 2.60. The predicted octanol–water partition coefficient (Wildman–Crippen LogP) is 2.67. The van der Waals surface area contributed by atoms with Crippen molar-refractivity contribution in [2.24, 2.45) is 7.05 Å². The number of rotatable bonds is 6. The Bertz CT molecular complexity index is 1050. The first-order chi connectivity index (χ1) is 12.9. The van der Waals surface area contributed by atoms with Crippen LogP contribution in [-0.2, 0) is 23.1 Å². The predicted molar refractivity (Wildman–Crippen MR) is 95.4 cm³/mol. The molecule has 2 aromatic rings. The largest absolute Gasteiger partial charge is 0.490 e. The third kappa shape index (κ3) is 4.29. The van der Waals surface area contributed by atoms with E-state index in [1.54, 1.807) is 0 Å². The molecule has 0 atom stereocenters. The summed E-state index contributed by atoms with van der Waals surface area (Å²) in [7, 11) is -1.56. The molecule has 0 spiro atoms. The zero-order chi connectivity index (χ0) is 21.3. The molecule has 1 heterocycles. The Balaban J connectivity index is 2.94. The Morgan fingerprint density at radius 2 is 1.89 bits per heavy atom. The maximum Gasteiger partial charge on any atom is 0.416 e. The molecule has 0 aliphatic heterocycles. The zero-order valence-electron chi connectivity index (χ0n) is 15.6. The summed E-state index contributed by atoms with van der Waals surface area (Å²) in [6.07, 6.45) is -3.38. The van der Waals surface area contributed by atoms with E-state index >= 15 is 0 Å². The highest BCUT2D eigenvalue weighted by Gasteiger charge is 2.33. The number of methoxy groups -OCH3 is 1. The molecular formula is C17H19F3N2O5S. The summed E-state index contributed by atoms with van der Waals surface area (Å²) < 4.78 is 75.3. The molecule has 0 saturated heterocycles. The van der Waals surface area contributed by atoms with Crippen LogP contribution in [-0.4, -0.2) is 38.2 Å². The summed E-state index contributed by atoms with van der Waals surface area (Å²) in [6.45, 7) is 2.01. The summed E-state index contributed by atoms with van der Waals surface area (Å²) in [4.78, 5) is 11.8. The summed E-state index contributed by atoms with van der Waals surface area (Å²) in [5.41, 5.74) is -2.11. The number of benzene rings is 1. The van der Waals surface area contributed by atoms with Crippen LogP contribution in [0.2, 0.25) is 0 Å². The van der Waals surface area contributed by atoms with Crippen LogP contribution < -0.4 is 15.0 Å². The molecule has 0 unspecified atom stereocenters. The van der Waals surface area contributed by atoms with Gasteiger partial charge in [-0.05, 0) is 18.6 Å². The molecule has 7 nitrogen and oxygen atoms in total. The fourth-order valence-corrected chi connectivity index (χ4v) is 3.43. The van der Waals surface area contributed by atoms with E-state index in [4.69, 9.17) is 9.47 Å². The van der Waals surface area contributed by atoms with Gasteiger partial charge in [0.2, 0.25) is 5.88 Å². The number of sulfone groups is 1. The second kappa shape index (κ2) is 7.82. The lowest BCUT2D eigenvalue weighted by Gasteiger charge is -2.18. The smallest absolute Gasteiger partial charge is 0.416 e. The maximum absolute atomic E-state index is 13.1. The first-order valence-corrected chi connectivity index (χ1v) is 10.0. The quantitative estimate of drug-likeness (QED) is 0.714. The molecule has 28 heavy (non-hydrogen) atoms. The minimum Gasteiger partial charge on any atom is -0.490 e. The van der Waals surface area contributed by atoms with E-state index in [0.29, 0.717) is 12.5 Å². The van der Waals surface area contributed by atoms with E-state index in [-0.39, 0.29) is 29.4 Å². The van der Waals surface area contributed by atoms with Gasteiger partial charge in [-0.25, -0.2) is 13.1 Å². The van der Waals surface area contributed by atoms with Crippen molar-refractivity contribution in [2.45, 2.75) is 24.4 Å². The summed E-state index contributed by atoms with van der Waals surface area (Å²) in [6, 6.07) is 2.21. The van der Waals surface area contributed by atoms with Crippen molar-refractivity contribution >= 4 is 9.84 Å². The summed E-state index contributed by atoms with van der Waals surface area (Å²) >= 11 is 0. The minimum absolute atomic E-state index is 0.117. The van der Waals surface area contributed by atoms with Crippen molar-refractivity contribution in [3.05, 3.63) is 34.1 Å². The second-order valence-electron chi connectivity index (χ2n) is 5.97. The normalized spacial score (nSPS) is 12.1. The monoisotopic (exact) mass is 420 g/mol. The average molecular weight is 420 g/mol. The van der Waals surface area contributed by atoms with Crippen molar-refractivity contribution in [1.29, 1.82) is 0 Å². The number of hydrogen-bond donors (Lipinski definition) is 0. The molecule has 0 bridgehead atoms. The van der Waals surface area contributed by atoms with Crippen molar-refractivity contribution in [1.82, 2.24) is 9.78 Å². The van der Waals surface area contributed by atoms with E-state index in [9.17, 15) is 26.4 Å². The topological polar surface area (TPSA) is 87.5 Å². The van der Waals surface area contributed by atoms with E-state index in [0.717, 1.165) is 23.1 Å². The molecule has 0 fully saturated rings. The highest BCUT2D eigenvalue weighted by atomic mass is 32.2. The van der Waals surface area contributed by atoms with E-state index in [2.05, 4.69) is 5.10 Å². The fourth-order valence-electron chi connectivity index (χ4n) is 2.52. The standard InChI is InChI=1S/C17H19F3N2O5S/c1-5-8-27-15-13(14(26-3)16(23)22(2)21-15)11-7-6-10(17(18,19)20)9-12(11)28(4,24)25/h6-7,9H,5,8H2,1-4H3. The van der Waals surface area contributed by atoms with Gasteiger partial charge in [0.05, 0.1) is 29.7 Å². The van der Waals surface area contributed by atoms with Crippen LogP contribution in [0.25, 0.3) is 11.1 Å². The van der Waals surface area contributed by atoms with Crippen molar-refractivity contribution < 1.29 is 31.1 Å². The van der Waals surface area contributed by atoms with Gasteiger partial charge in [0, 0.05) is 18.9 Å².